The number of Topliss-reactive ketones (excluding diaryl/α,β-unsaturated/α-hetero) is 1. The van der Waals surface area contributed by atoms with E-state index in [9.17, 15) is 4.79 Å². The highest BCUT2D eigenvalue weighted by Gasteiger charge is 2.08. The minimum absolute atomic E-state index is 0.135. The standard InChI is InChI=1S/C19H22O2/c1-4-21-18-11-9-17(10-12-18)19(20)13-15-5-7-16(8-6-15)14(2)3/h5-12,14H,4,13H2,1-3H3. The van der Waals surface area contributed by atoms with Crippen molar-refractivity contribution in [3.63, 3.8) is 0 Å². The van der Waals surface area contributed by atoms with Crippen LogP contribution in [0.4, 0.5) is 0 Å². The SMILES string of the molecule is CCOc1ccc(C(=O)Cc2ccc(C(C)C)cc2)cc1. The van der Waals surface area contributed by atoms with Gasteiger partial charge in [0.15, 0.2) is 5.78 Å². The molecule has 2 aromatic carbocycles. The van der Waals surface area contributed by atoms with E-state index in [1.807, 2.05) is 43.3 Å². The first-order valence-electron chi connectivity index (χ1n) is 7.45. The third kappa shape index (κ3) is 4.19. The highest BCUT2D eigenvalue weighted by Crippen LogP contribution is 2.17. The van der Waals surface area contributed by atoms with Crippen molar-refractivity contribution in [1.82, 2.24) is 0 Å². The number of hydrogen-bond donors (Lipinski definition) is 0. The molecule has 0 heterocycles. The van der Waals surface area contributed by atoms with Gasteiger partial charge in [0.1, 0.15) is 5.75 Å². The van der Waals surface area contributed by atoms with Crippen LogP contribution in [0.3, 0.4) is 0 Å². The third-order valence-corrected chi connectivity index (χ3v) is 3.50. The summed E-state index contributed by atoms with van der Waals surface area (Å²) in [6, 6.07) is 15.6. The molecule has 2 heteroatoms. The maximum absolute atomic E-state index is 12.3. The molecule has 0 aromatic heterocycles. The van der Waals surface area contributed by atoms with Crippen molar-refractivity contribution >= 4 is 5.78 Å². The summed E-state index contributed by atoms with van der Waals surface area (Å²) in [7, 11) is 0. The number of rotatable bonds is 6. The summed E-state index contributed by atoms with van der Waals surface area (Å²) in [6.45, 7) is 6.91. The maximum Gasteiger partial charge on any atom is 0.167 e. The van der Waals surface area contributed by atoms with Gasteiger partial charge in [-0.15, -0.1) is 0 Å². The van der Waals surface area contributed by atoms with Crippen molar-refractivity contribution in [3.8, 4) is 5.75 Å². The summed E-state index contributed by atoms with van der Waals surface area (Å²) in [5.74, 6) is 1.45. The van der Waals surface area contributed by atoms with E-state index in [0.29, 0.717) is 18.9 Å². The molecule has 110 valence electrons. The van der Waals surface area contributed by atoms with E-state index in [1.165, 1.54) is 5.56 Å². The molecule has 21 heavy (non-hydrogen) atoms. The fraction of sp³-hybridized carbons (Fsp3) is 0.316. The molecule has 0 atom stereocenters. The van der Waals surface area contributed by atoms with Gasteiger partial charge in [0, 0.05) is 12.0 Å². The molecule has 0 aliphatic rings. The van der Waals surface area contributed by atoms with Crippen LogP contribution in [-0.2, 0) is 6.42 Å². The van der Waals surface area contributed by atoms with Crippen molar-refractivity contribution in [1.29, 1.82) is 0 Å². The fourth-order valence-electron chi connectivity index (χ4n) is 2.21. The van der Waals surface area contributed by atoms with E-state index in [-0.39, 0.29) is 5.78 Å². The molecular formula is C19H22O2. The van der Waals surface area contributed by atoms with Gasteiger partial charge >= 0.3 is 0 Å². The van der Waals surface area contributed by atoms with Crippen LogP contribution in [0.25, 0.3) is 0 Å². The lowest BCUT2D eigenvalue weighted by Gasteiger charge is -2.07. The normalized spacial score (nSPS) is 10.7. The molecule has 0 bridgehead atoms. The second-order valence-electron chi connectivity index (χ2n) is 5.45. The molecule has 0 radical (unpaired) electrons. The molecule has 2 nitrogen and oxygen atoms in total. The molecule has 0 amide bonds. The lowest BCUT2D eigenvalue weighted by Crippen LogP contribution is -2.04. The Hall–Kier alpha value is -2.09. The summed E-state index contributed by atoms with van der Waals surface area (Å²) in [5, 5.41) is 0. The predicted octanol–water partition coefficient (Wildman–Crippen LogP) is 4.63. The Kier molecular flexibility index (Phi) is 5.15. The van der Waals surface area contributed by atoms with Crippen molar-refractivity contribution in [2.24, 2.45) is 0 Å². The number of ketones is 1. The molecule has 0 fully saturated rings. The zero-order valence-corrected chi connectivity index (χ0v) is 12.9. The molecule has 0 unspecified atom stereocenters. The summed E-state index contributed by atoms with van der Waals surface area (Å²) in [6.07, 6.45) is 0.437. The van der Waals surface area contributed by atoms with Gasteiger partial charge in [-0.1, -0.05) is 38.1 Å². The number of carbonyl (C=O) groups is 1. The Bertz CT molecular complexity index is 580. The zero-order chi connectivity index (χ0) is 15.2. The Morgan fingerprint density at radius 1 is 1.00 bits per heavy atom. The minimum atomic E-state index is 0.135. The molecule has 0 spiro atoms. The van der Waals surface area contributed by atoms with Gasteiger partial charge in [0.05, 0.1) is 6.61 Å². The molecule has 0 aliphatic carbocycles. The van der Waals surface area contributed by atoms with E-state index in [0.717, 1.165) is 16.9 Å². The van der Waals surface area contributed by atoms with Crippen molar-refractivity contribution in [2.45, 2.75) is 33.1 Å². The Balaban J connectivity index is 2.03. The van der Waals surface area contributed by atoms with Gasteiger partial charge in [-0.3, -0.25) is 4.79 Å². The lowest BCUT2D eigenvalue weighted by molar-refractivity contribution is 0.0993. The average Bonchev–Trinajstić information content (AvgIpc) is 2.49. The van der Waals surface area contributed by atoms with Crippen LogP contribution >= 0.6 is 0 Å². The van der Waals surface area contributed by atoms with Gasteiger partial charge in [0.2, 0.25) is 0 Å². The fourth-order valence-corrected chi connectivity index (χ4v) is 2.21. The summed E-state index contributed by atoms with van der Waals surface area (Å²) < 4.78 is 5.38. The topological polar surface area (TPSA) is 26.3 Å². The zero-order valence-electron chi connectivity index (χ0n) is 12.9. The maximum atomic E-state index is 12.3. The molecule has 0 saturated heterocycles. The van der Waals surface area contributed by atoms with E-state index in [4.69, 9.17) is 4.74 Å². The van der Waals surface area contributed by atoms with E-state index < -0.39 is 0 Å². The van der Waals surface area contributed by atoms with Crippen molar-refractivity contribution in [2.75, 3.05) is 6.61 Å². The van der Waals surface area contributed by atoms with Crippen LogP contribution in [0.2, 0.25) is 0 Å². The van der Waals surface area contributed by atoms with Crippen LogP contribution in [0.1, 0.15) is 48.2 Å². The van der Waals surface area contributed by atoms with Crippen molar-refractivity contribution < 1.29 is 9.53 Å². The number of ether oxygens (including phenoxy) is 1. The predicted molar refractivity (Wildman–Crippen MR) is 86.2 cm³/mol. The highest BCUT2D eigenvalue weighted by molar-refractivity contribution is 5.97. The smallest absolute Gasteiger partial charge is 0.167 e. The first kappa shape index (κ1) is 15.3. The second kappa shape index (κ2) is 7.07. The Labute approximate surface area is 126 Å². The van der Waals surface area contributed by atoms with Gasteiger partial charge < -0.3 is 4.74 Å². The number of hydrogen-bond acceptors (Lipinski definition) is 2. The Morgan fingerprint density at radius 2 is 1.62 bits per heavy atom. The second-order valence-corrected chi connectivity index (χ2v) is 5.45. The van der Waals surface area contributed by atoms with Gasteiger partial charge in [-0.05, 0) is 48.2 Å². The van der Waals surface area contributed by atoms with E-state index >= 15 is 0 Å². The van der Waals surface area contributed by atoms with Gasteiger partial charge in [-0.25, -0.2) is 0 Å². The quantitative estimate of drug-likeness (QED) is 0.722. The van der Waals surface area contributed by atoms with Crippen LogP contribution in [-0.4, -0.2) is 12.4 Å². The molecule has 0 N–H and O–H groups in total. The van der Waals surface area contributed by atoms with Crippen LogP contribution < -0.4 is 4.74 Å². The third-order valence-electron chi connectivity index (χ3n) is 3.50. The van der Waals surface area contributed by atoms with Crippen LogP contribution in [0, 0.1) is 0 Å². The minimum Gasteiger partial charge on any atom is -0.494 e. The molecule has 2 aromatic rings. The molecule has 0 saturated carbocycles. The summed E-state index contributed by atoms with van der Waals surface area (Å²) >= 11 is 0. The first-order valence-corrected chi connectivity index (χ1v) is 7.45. The van der Waals surface area contributed by atoms with Crippen LogP contribution in [0.5, 0.6) is 5.75 Å². The molecular weight excluding hydrogens is 260 g/mol. The highest BCUT2D eigenvalue weighted by atomic mass is 16.5. The average molecular weight is 282 g/mol. The van der Waals surface area contributed by atoms with Gasteiger partial charge in [-0.2, -0.15) is 0 Å². The van der Waals surface area contributed by atoms with Gasteiger partial charge in [0.25, 0.3) is 0 Å². The van der Waals surface area contributed by atoms with E-state index in [1.54, 1.807) is 0 Å². The Morgan fingerprint density at radius 3 is 2.14 bits per heavy atom. The summed E-state index contributed by atoms with van der Waals surface area (Å²) in [5.41, 5.74) is 3.08. The largest absolute Gasteiger partial charge is 0.494 e. The number of carbonyl (C=O) groups excluding carboxylic acids is 1. The lowest BCUT2D eigenvalue weighted by atomic mass is 9.98. The molecule has 0 aliphatic heterocycles. The summed E-state index contributed by atoms with van der Waals surface area (Å²) in [4.78, 5) is 12.3. The first-order chi connectivity index (χ1) is 10.1. The number of benzene rings is 2. The van der Waals surface area contributed by atoms with E-state index in [2.05, 4.69) is 26.0 Å². The monoisotopic (exact) mass is 282 g/mol. The van der Waals surface area contributed by atoms with Crippen molar-refractivity contribution in [3.05, 3.63) is 65.2 Å². The van der Waals surface area contributed by atoms with Crippen LogP contribution in [0.15, 0.2) is 48.5 Å². The molecule has 2 rings (SSSR count).